The molecule has 0 unspecified atom stereocenters. The second kappa shape index (κ2) is 8.32. The van der Waals surface area contributed by atoms with E-state index in [4.69, 9.17) is 6.57 Å². The fraction of sp³-hybridized carbons (Fsp3) is 0. The Balaban J connectivity index is 1.40. The Kier molecular flexibility index (Phi) is 4.55. The fourth-order valence-corrected chi connectivity index (χ4v) is 7.78. The SMILES string of the molecule is [C-]#[N+]c1cccc2c1c1ccccc1n2-c1ccc2sc3cccc(-n4c5ccccc5c5ccccc54)c3c2c1. The summed E-state index contributed by atoms with van der Waals surface area (Å²) in [5, 5.41) is 7.16. The Bertz CT molecular complexity index is 2500. The van der Waals surface area contributed by atoms with Gasteiger partial charge in [-0.1, -0.05) is 72.8 Å². The molecule has 3 aromatic heterocycles. The molecular weight excluding hydrogens is 518 g/mol. The zero-order chi connectivity index (χ0) is 27.1. The van der Waals surface area contributed by atoms with Crippen molar-refractivity contribution in [1.29, 1.82) is 0 Å². The zero-order valence-corrected chi connectivity index (χ0v) is 22.7. The monoisotopic (exact) mass is 539 g/mol. The highest BCUT2D eigenvalue weighted by Crippen LogP contribution is 2.43. The van der Waals surface area contributed by atoms with Crippen molar-refractivity contribution in [3.05, 3.63) is 139 Å². The van der Waals surface area contributed by atoms with E-state index in [0.717, 1.165) is 27.5 Å². The molecule has 190 valence electrons. The minimum Gasteiger partial charge on any atom is -0.311 e. The lowest BCUT2D eigenvalue weighted by Gasteiger charge is -2.11. The molecule has 9 aromatic rings. The maximum Gasteiger partial charge on any atom is 0.197 e. The van der Waals surface area contributed by atoms with Gasteiger partial charge in [0, 0.05) is 47.5 Å². The highest BCUT2D eigenvalue weighted by atomic mass is 32.1. The van der Waals surface area contributed by atoms with Gasteiger partial charge in [-0.15, -0.1) is 11.3 Å². The van der Waals surface area contributed by atoms with Gasteiger partial charge < -0.3 is 9.13 Å². The van der Waals surface area contributed by atoms with E-state index in [9.17, 15) is 0 Å². The fourth-order valence-electron chi connectivity index (χ4n) is 6.68. The average molecular weight is 540 g/mol. The first-order valence-electron chi connectivity index (χ1n) is 13.7. The third-order valence-electron chi connectivity index (χ3n) is 8.33. The molecule has 0 radical (unpaired) electrons. The summed E-state index contributed by atoms with van der Waals surface area (Å²) < 4.78 is 7.27. The predicted octanol–water partition coefficient (Wildman–Crippen LogP) is 10.8. The lowest BCUT2D eigenvalue weighted by Crippen LogP contribution is -1.95. The van der Waals surface area contributed by atoms with E-state index in [1.54, 1.807) is 0 Å². The number of para-hydroxylation sites is 3. The van der Waals surface area contributed by atoms with Crippen molar-refractivity contribution in [3.8, 4) is 11.4 Å². The second-order valence-electron chi connectivity index (χ2n) is 10.4. The zero-order valence-electron chi connectivity index (χ0n) is 21.9. The minimum absolute atomic E-state index is 0.688. The van der Waals surface area contributed by atoms with Gasteiger partial charge in [0.1, 0.15) is 0 Å². The van der Waals surface area contributed by atoms with E-state index in [-0.39, 0.29) is 0 Å². The first kappa shape index (κ1) is 22.4. The summed E-state index contributed by atoms with van der Waals surface area (Å²) in [7, 11) is 0. The minimum atomic E-state index is 0.688. The lowest BCUT2D eigenvalue weighted by molar-refractivity contribution is 1.19. The first-order valence-corrected chi connectivity index (χ1v) is 14.5. The van der Waals surface area contributed by atoms with Crippen molar-refractivity contribution >= 4 is 80.8 Å². The van der Waals surface area contributed by atoms with Gasteiger partial charge in [-0.05, 0) is 60.0 Å². The Morgan fingerprint density at radius 3 is 1.85 bits per heavy atom. The molecule has 4 heteroatoms. The molecule has 6 aromatic carbocycles. The van der Waals surface area contributed by atoms with Gasteiger partial charge in [0.2, 0.25) is 0 Å². The molecular formula is C37H21N3S. The van der Waals surface area contributed by atoms with E-state index >= 15 is 0 Å². The molecule has 0 aliphatic carbocycles. The van der Waals surface area contributed by atoms with E-state index in [1.165, 1.54) is 47.7 Å². The molecule has 0 aliphatic rings. The highest BCUT2D eigenvalue weighted by Gasteiger charge is 2.19. The molecule has 9 rings (SSSR count). The third kappa shape index (κ3) is 3.01. The molecule has 0 N–H and O–H groups in total. The van der Waals surface area contributed by atoms with Crippen LogP contribution in [0.4, 0.5) is 5.69 Å². The van der Waals surface area contributed by atoms with Crippen LogP contribution in [0.3, 0.4) is 0 Å². The molecule has 0 bridgehead atoms. The van der Waals surface area contributed by atoms with E-state index < -0.39 is 0 Å². The Morgan fingerprint density at radius 1 is 0.488 bits per heavy atom. The maximum absolute atomic E-state index is 7.81. The number of rotatable bonds is 2. The molecule has 3 heterocycles. The number of hydrogen-bond donors (Lipinski definition) is 0. The number of benzene rings is 6. The lowest BCUT2D eigenvalue weighted by atomic mass is 10.1. The average Bonchev–Trinajstić information content (AvgIpc) is 3.68. The van der Waals surface area contributed by atoms with Gasteiger partial charge in [-0.2, -0.15) is 0 Å². The smallest absolute Gasteiger partial charge is 0.197 e. The number of fused-ring (bicyclic) bond motifs is 9. The van der Waals surface area contributed by atoms with Gasteiger partial charge >= 0.3 is 0 Å². The molecule has 0 fully saturated rings. The Morgan fingerprint density at radius 2 is 1.12 bits per heavy atom. The number of thiophene rings is 1. The maximum atomic E-state index is 7.81. The molecule has 0 aliphatic heterocycles. The first-order chi connectivity index (χ1) is 20.3. The van der Waals surface area contributed by atoms with Gasteiger partial charge in [0.15, 0.2) is 5.69 Å². The molecule has 41 heavy (non-hydrogen) atoms. The molecule has 0 spiro atoms. The van der Waals surface area contributed by atoms with Gasteiger partial charge in [-0.25, -0.2) is 4.85 Å². The molecule has 0 atom stereocenters. The van der Waals surface area contributed by atoms with Crippen LogP contribution in [0.5, 0.6) is 0 Å². The Labute approximate surface area is 239 Å². The van der Waals surface area contributed by atoms with Gasteiger partial charge in [0.05, 0.1) is 28.8 Å². The largest absolute Gasteiger partial charge is 0.311 e. The van der Waals surface area contributed by atoms with Crippen LogP contribution in [0.2, 0.25) is 0 Å². The summed E-state index contributed by atoms with van der Waals surface area (Å²) in [5.74, 6) is 0. The van der Waals surface area contributed by atoms with Crippen LogP contribution in [0.25, 0.3) is 80.0 Å². The number of hydrogen-bond acceptors (Lipinski definition) is 1. The van der Waals surface area contributed by atoms with Crippen molar-refractivity contribution in [2.24, 2.45) is 0 Å². The quantitative estimate of drug-likeness (QED) is 0.194. The van der Waals surface area contributed by atoms with Gasteiger partial charge in [-0.3, -0.25) is 0 Å². The second-order valence-corrected chi connectivity index (χ2v) is 11.5. The third-order valence-corrected chi connectivity index (χ3v) is 9.47. The Hall–Kier alpha value is -5.37. The normalized spacial score (nSPS) is 11.9. The summed E-state index contributed by atoms with van der Waals surface area (Å²) >= 11 is 1.84. The summed E-state index contributed by atoms with van der Waals surface area (Å²) in [5.41, 5.74) is 7.58. The van der Waals surface area contributed by atoms with Crippen molar-refractivity contribution in [2.75, 3.05) is 0 Å². The van der Waals surface area contributed by atoms with Crippen LogP contribution in [-0.4, -0.2) is 9.13 Å². The standard InChI is InChI=1S/C37H21N3S/c1-38-28-13-8-17-32-36(28)26-12-4-7-16-31(26)39(32)23-20-21-34-27(22-23)37-33(18-9-19-35(37)41-34)40-29-14-5-2-10-24(29)25-11-3-6-15-30(25)40/h2-22H. The molecule has 0 saturated heterocycles. The van der Waals surface area contributed by atoms with E-state index in [2.05, 4.69) is 129 Å². The van der Waals surface area contributed by atoms with Crippen LogP contribution in [0, 0.1) is 6.57 Å². The summed E-state index contributed by atoms with van der Waals surface area (Å²) in [4.78, 5) is 3.86. The predicted molar refractivity (Wildman–Crippen MR) is 174 cm³/mol. The number of nitrogens with zero attached hydrogens (tertiary/aromatic N) is 3. The van der Waals surface area contributed by atoms with Crippen LogP contribution in [-0.2, 0) is 0 Å². The van der Waals surface area contributed by atoms with Crippen molar-refractivity contribution in [1.82, 2.24) is 9.13 Å². The van der Waals surface area contributed by atoms with Crippen LogP contribution in [0.1, 0.15) is 0 Å². The van der Waals surface area contributed by atoms with Crippen LogP contribution in [0.15, 0.2) is 127 Å². The molecule has 0 amide bonds. The van der Waals surface area contributed by atoms with Crippen molar-refractivity contribution in [2.45, 2.75) is 0 Å². The van der Waals surface area contributed by atoms with Crippen molar-refractivity contribution in [3.63, 3.8) is 0 Å². The van der Waals surface area contributed by atoms with E-state index in [1.807, 2.05) is 23.5 Å². The summed E-state index contributed by atoms with van der Waals surface area (Å²) in [6, 6.07) is 45.3. The van der Waals surface area contributed by atoms with Gasteiger partial charge in [0.25, 0.3) is 0 Å². The molecule has 0 saturated carbocycles. The van der Waals surface area contributed by atoms with Crippen LogP contribution >= 0.6 is 11.3 Å². The van der Waals surface area contributed by atoms with E-state index in [0.29, 0.717) is 5.69 Å². The number of aromatic nitrogens is 2. The van der Waals surface area contributed by atoms with Crippen LogP contribution < -0.4 is 0 Å². The molecule has 3 nitrogen and oxygen atoms in total. The van der Waals surface area contributed by atoms with Crippen molar-refractivity contribution < 1.29 is 0 Å². The highest BCUT2D eigenvalue weighted by molar-refractivity contribution is 7.25. The summed E-state index contributed by atoms with van der Waals surface area (Å²) in [6.07, 6.45) is 0. The summed E-state index contributed by atoms with van der Waals surface area (Å²) in [6.45, 7) is 7.81. The topological polar surface area (TPSA) is 14.2 Å².